The van der Waals surface area contributed by atoms with Crippen LogP contribution in [0.15, 0.2) is 24.3 Å². The van der Waals surface area contributed by atoms with Crippen molar-refractivity contribution in [2.45, 2.75) is 32.2 Å². The Morgan fingerprint density at radius 3 is 2.61 bits per heavy atom. The van der Waals surface area contributed by atoms with Gasteiger partial charge in [0.2, 0.25) is 5.91 Å². The number of carbonyl (C=O) groups excluding carboxylic acids is 3. The lowest BCUT2D eigenvalue weighted by Gasteiger charge is -2.22. The molecule has 6 heteroatoms. The molecule has 1 aromatic carbocycles. The maximum Gasteiger partial charge on any atom is 0.289 e. The fraction of sp³-hybridized carbons (Fsp3) is 0.471. The number of rotatable bonds is 4. The fourth-order valence-corrected chi connectivity index (χ4v) is 3.92. The highest BCUT2D eigenvalue weighted by Crippen LogP contribution is 2.26. The van der Waals surface area contributed by atoms with Crippen LogP contribution in [0.5, 0.6) is 0 Å². The summed E-state index contributed by atoms with van der Waals surface area (Å²) in [6, 6.07) is 7.54. The average Bonchev–Trinajstić information content (AvgIpc) is 3.14. The van der Waals surface area contributed by atoms with E-state index in [9.17, 15) is 14.4 Å². The molecule has 0 aromatic heterocycles. The summed E-state index contributed by atoms with van der Waals surface area (Å²) in [5.74, 6) is 0.0628. The summed E-state index contributed by atoms with van der Waals surface area (Å²) >= 11 is 1.05. The fourth-order valence-electron chi connectivity index (χ4n) is 3.14. The minimum absolute atomic E-state index is 0.0257. The van der Waals surface area contributed by atoms with Gasteiger partial charge in [-0.15, -0.1) is 0 Å². The summed E-state index contributed by atoms with van der Waals surface area (Å²) in [5, 5.41) is -0.182. The summed E-state index contributed by atoms with van der Waals surface area (Å²) < 4.78 is 0. The molecule has 0 radical (unpaired) electrons. The predicted molar refractivity (Wildman–Crippen MR) is 89.4 cm³/mol. The number of hydrogen-bond acceptors (Lipinski definition) is 4. The lowest BCUT2D eigenvalue weighted by Crippen LogP contribution is -2.41. The minimum Gasteiger partial charge on any atom is -0.336 e. The summed E-state index contributed by atoms with van der Waals surface area (Å²) in [4.78, 5) is 39.2. The number of amides is 3. The molecule has 2 saturated heterocycles. The van der Waals surface area contributed by atoms with Crippen molar-refractivity contribution in [3.05, 3.63) is 35.4 Å². The molecule has 1 aromatic rings. The van der Waals surface area contributed by atoms with Crippen molar-refractivity contribution in [1.82, 2.24) is 9.80 Å². The van der Waals surface area contributed by atoms with E-state index in [4.69, 9.17) is 0 Å². The maximum absolute atomic E-state index is 12.6. The van der Waals surface area contributed by atoms with E-state index in [1.807, 2.05) is 24.3 Å². The molecule has 2 heterocycles. The number of aryl methyl sites for hydroxylation is 1. The van der Waals surface area contributed by atoms with Crippen molar-refractivity contribution in [2.24, 2.45) is 0 Å². The van der Waals surface area contributed by atoms with Gasteiger partial charge in [0.25, 0.3) is 11.1 Å². The van der Waals surface area contributed by atoms with Gasteiger partial charge in [-0.05, 0) is 30.5 Å². The molecule has 0 saturated carbocycles. The van der Waals surface area contributed by atoms with Gasteiger partial charge in [-0.1, -0.05) is 37.2 Å². The second kappa shape index (κ2) is 6.74. The molecule has 2 aliphatic rings. The summed E-state index contributed by atoms with van der Waals surface area (Å²) in [7, 11) is 0. The quantitative estimate of drug-likeness (QED) is 0.850. The first-order chi connectivity index (χ1) is 11.1. The van der Waals surface area contributed by atoms with Crippen LogP contribution in [0.25, 0.3) is 0 Å². The van der Waals surface area contributed by atoms with Gasteiger partial charge in [-0.3, -0.25) is 19.3 Å². The van der Waals surface area contributed by atoms with E-state index in [1.54, 1.807) is 4.90 Å². The van der Waals surface area contributed by atoms with Crippen LogP contribution in [-0.2, 0) is 11.2 Å². The second-order valence-electron chi connectivity index (χ2n) is 5.96. The highest BCUT2D eigenvalue weighted by Gasteiger charge is 2.40. The first-order valence-electron chi connectivity index (χ1n) is 7.97. The average molecular weight is 332 g/mol. The van der Waals surface area contributed by atoms with Crippen molar-refractivity contribution < 1.29 is 14.4 Å². The van der Waals surface area contributed by atoms with Gasteiger partial charge < -0.3 is 4.90 Å². The van der Waals surface area contributed by atoms with E-state index in [0.29, 0.717) is 25.1 Å². The van der Waals surface area contributed by atoms with Crippen molar-refractivity contribution in [3.8, 4) is 0 Å². The van der Waals surface area contributed by atoms with Crippen molar-refractivity contribution in [2.75, 3.05) is 18.8 Å². The third-order valence-corrected chi connectivity index (χ3v) is 5.17. The van der Waals surface area contributed by atoms with Gasteiger partial charge >= 0.3 is 0 Å². The Bertz CT molecular complexity index is 613. The molecule has 23 heavy (non-hydrogen) atoms. The smallest absolute Gasteiger partial charge is 0.289 e. The Morgan fingerprint density at radius 2 is 2.00 bits per heavy atom. The summed E-state index contributed by atoms with van der Waals surface area (Å²) in [6.07, 6.45) is 2.76. The van der Waals surface area contributed by atoms with E-state index in [-0.39, 0.29) is 28.8 Å². The molecular weight excluding hydrogens is 312 g/mol. The van der Waals surface area contributed by atoms with Gasteiger partial charge in [-0.25, -0.2) is 0 Å². The van der Waals surface area contributed by atoms with E-state index >= 15 is 0 Å². The van der Waals surface area contributed by atoms with Gasteiger partial charge in [0.1, 0.15) is 0 Å². The van der Waals surface area contributed by atoms with E-state index in [1.165, 1.54) is 10.5 Å². The van der Waals surface area contributed by atoms with Crippen LogP contribution in [0, 0.1) is 0 Å². The number of benzene rings is 1. The molecule has 0 N–H and O–H groups in total. The number of likely N-dealkylation sites (tertiary alicyclic amines) is 1. The summed E-state index contributed by atoms with van der Waals surface area (Å²) in [6.45, 7) is 3.15. The van der Waals surface area contributed by atoms with Crippen LogP contribution in [0.3, 0.4) is 0 Å². The number of nitrogens with zero attached hydrogens (tertiary/aromatic N) is 2. The van der Waals surface area contributed by atoms with Gasteiger partial charge in [-0.2, -0.15) is 0 Å². The molecule has 3 amide bonds. The van der Waals surface area contributed by atoms with E-state index < -0.39 is 0 Å². The minimum atomic E-state index is -0.182. The first kappa shape index (κ1) is 16.1. The van der Waals surface area contributed by atoms with Crippen molar-refractivity contribution >= 4 is 28.8 Å². The lowest BCUT2D eigenvalue weighted by molar-refractivity contribution is -0.126. The highest BCUT2D eigenvalue weighted by molar-refractivity contribution is 8.14. The molecule has 122 valence electrons. The topological polar surface area (TPSA) is 57.7 Å². The predicted octanol–water partition coefficient (Wildman–Crippen LogP) is 2.55. The number of hydrogen-bond donors (Lipinski definition) is 0. The van der Waals surface area contributed by atoms with E-state index in [0.717, 1.165) is 24.6 Å². The molecular formula is C17H20N2O3S. The molecule has 5 nitrogen and oxygen atoms in total. The molecule has 0 spiro atoms. The summed E-state index contributed by atoms with van der Waals surface area (Å²) in [5.41, 5.74) is 1.90. The second-order valence-corrected chi connectivity index (χ2v) is 6.89. The zero-order valence-electron chi connectivity index (χ0n) is 13.2. The Morgan fingerprint density at radius 1 is 1.26 bits per heavy atom. The first-order valence-corrected chi connectivity index (χ1v) is 8.95. The number of carbonyl (C=O) groups is 3. The molecule has 0 aliphatic carbocycles. The zero-order chi connectivity index (χ0) is 16.4. The van der Waals surface area contributed by atoms with Crippen LogP contribution in [0.1, 0.15) is 35.7 Å². The van der Waals surface area contributed by atoms with Crippen molar-refractivity contribution in [3.63, 3.8) is 0 Å². The number of thioether (sulfide) groups is 1. The normalized spacial score (nSPS) is 21.3. The number of imide groups is 1. The lowest BCUT2D eigenvalue weighted by atomic mass is 10.1. The van der Waals surface area contributed by atoms with Crippen LogP contribution < -0.4 is 0 Å². The third-order valence-electron chi connectivity index (χ3n) is 4.34. The Labute approximate surface area is 140 Å². The Hall–Kier alpha value is -1.82. The van der Waals surface area contributed by atoms with Gasteiger partial charge in [0.05, 0.1) is 11.8 Å². The van der Waals surface area contributed by atoms with Crippen LogP contribution >= 0.6 is 11.8 Å². The maximum atomic E-state index is 12.6. The monoisotopic (exact) mass is 332 g/mol. The molecule has 0 bridgehead atoms. The third kappa shape index (κ3) is 3.27. The van der Waals surface area contributed by atoms with Crippen LogP contribution in [0.4, 0.5) is 4.79 Å². The SMILES string of the molecule is CCCc1ccc(C(=O)N2CC[C@@H](N3C(=O)CSC3=O)C2)cc1. The Balaban J connectivity index is 1.65. The molecule has 3 rings (SSSR count). The van der Waals surface area contributed by atoms with Gasteiger partial charge in [0.15, 0.2) is 0 Å². The largest absolute Gasteiger partial charge is 0.336 e. The van der Waals surface area contributed by atoms with Crippen LogP contribution in [0.2, 0.25) is 0 Å². The molecule has 1 atom stereocenters. The molecule has 2 aliphatic heterocycles. The van der Waals surface area contributed by atoms with Gasteiger partial charge in [0, 0.05) is 18.7 Å². The molecule has 0 unspecified atom stereocenters. The zero-order valence-corrected chi connectivity index (χ0v) is 14.0. The van der Waals surface area contributed by atoms with Crippen LogP contribution in [-0.4, -0.2) is 51.7 Å². The highest BCUT2D eigenvalue weighted by atomic mass is 32.2. The Kier molecular flexibility index (Phi) is 4.71. The van der Waals surface area contributed by atoms with Crippen molar-refractivity contribution in [1.29, 1.82) is 0 Å². The van der Waals surface area contributed by atoms with E-state index in [2.05, 4.69) is 6.92 Å². The standard InChI is InChI=1S/C17H20N2O3S/c1-2-3-12-4-6-13(7-5-12)16(21)18-9-8-14(10-18)19-15(20)11-23-17(19)22/h4-7,14H,2-3,8-11H2,1H3/t14-/m1/s1. The molecule has 2 fully saturated rings.